The highest BCUT2D eigenvalue weighted by molar-refractivity contribution is 7.88. The topological polar surface area (TPSA) is 105 Å². The highest BCUT2D eigenvalue weighted by Gasteiger charge is 2.18. The molecule has 3 heterocycles. The maximum Gasteiger partial charge on any atom is 0.211 e. The zero-order chi connectivity index (χ0) is 22.2. The molecule has 1 aromatic carbocycles. The number of aromatic amines is 1. The highest BCUT2D eigenvalue weighted by atomic mass is 32.2. The zero-order valence-corrected chi connectivity index (χ0v) is 18.8. The Labute approximate surface area is 181 Å². The van der Waals surface area contributed by atoms with Gasteiger partial charge in [-0.15, -0.1) is 0 Å². The lowest BCUT2D eigenvalue weighted by molar-refractivity contribution is 0.177. The molecule has 0 bridgehead atoms. The first-order chi connectivity index (χ1) is 14.8. The lowest BCUT2D eigenvalue weighted by atomic mass is 10.1. The molecule has 9 nitrogen and oxygen atoms in total. The van der Waals surface area contributed by atoms with Gasteiger partial charge in [0.2, 0.25) is 10.0 Å². The van der Waals surface area contributed by atoms with Crippen molar-refractivity contribution in [1.29, 1.82) is 0 Å². The summed E-state index contributed by atoms with van der Waals surface area (Å²) in [5, 5.41) is 4.09. The van der Waals surface area contributed by atoms with Crippen molar-refractivity contribution < 1.29 is 13.2 Å². The van der Waals surface area contributed by atoms with Crippen LogP contribution in [0.1, 0.15) is 5.56 Å². The molecule has 0 aliphatic rings. The van der Waals surface area contributed by atoms with E-state index in [2.05, 4.69) is 26.3 Å². The molecule has 0 atom stereocenters. The third-order valence-electron chi connectivity index (χ3n) is 5.28. The van der Waals surface area contributed by atoms with E-state index in [-0.39, 0.29) is 6.54 Å². The van der Waals surface area contributed by atoms with Gasteiger partial charge in [0.05, 0.1) is 24.7 Å². The second-order valence-corrected chi connectivity index (χ2v) is 9.48. The maximum atomic E-state index is 12.1. The van der Waals surface area contributed by atoms with Gasteiger partial charge in [-0.25, -0.2) is 18.4 Å². The van der Waals surface area contributed by atoms with Crippen LogP contribution in [0, 0.1) is 0 Å². The Balaban J connectivity index is 1.74. The van der Waals surface area contributed by atoms with Crippen LogP contribution in [-0.4, -0.2) is 65.8 Å². The van der Waals surface area contributed by atoms with Crippen LogP contribution in [0.2, 0.25) is 0 Å². The minimum Gasteiger partial charge on any atom is -0.383 e. The monoisotopic (exact) mass is 442 g/mol. The number of sulfonamides is 1. The molecule has 0 aliphatic heterocycles. The van der Waals surface area contributed by atoms with Gasteiger partial charge in [0.25, 0.3) is 0 Å². The highest BCUT2D eigenvalue weighted by Crippen LogP contribution is 2.32. The van der Waals surface area contributed by atoms with Crippen LogP contribution in [-0.2, 0) is 28.4 Å². The molecule has 0 saturated carbocycles. The molecule has 0 saturated heterocycles. The quantitative estimate of drug-likeness (QED) is 0.435. The average molecular weight is 443 g/mol. The number of anilines is 1. The van der Waals surface area contributed by atoms with Crippen molar-refractivity contribution in [3.8, 4) is 11.3 Å². The van der Waals surface area contributed by atoms with E-state index in [1.54, 1.807) is 13.4 Å². The van der Waals surface area contributed by atoms with Crippen LogP contribution in [0.15, 0.2) is 36.7 Å². The van der Waals surface area contributed by atoms with Gasteiger partial charge >= 0.3 is 0 Å². The van der Waals surface area contributed by atoms with Gasteiger partial charge in [-0.05, 0) is 23.3 Å². The van der Waals surface area contributed by atoms with Crippen LogP contribution in [0.5, 0.6) is 0 Å². The van der Waals surface area contributed by atoms with Crippen molar-refractivity contribution >= 4 is 37.9 Å². The smallest absolute Gasteiger partial charge is 0.211 e. The SMILES string of the molecule is CNc1nc2[nH]c(-c3cccc(CN(CCOC)S(C)(=O)=O)c3)cc2c2c1ncn2C. The van der Waals surface area contributed by atoms with Crippen molar-refractivity contribution in [1.82, 2.24) is 23.8 Å². The lowest BCUT2D eigenvalue weighted by Crippen LogP contribution is -2.32. The Kier molecular flexibility index (Phi) is 5.69. The minimum absolute atomic E-state index is 0.282. The third kappa shape index (κ3) is 4.14. The Morgan fingerprint density at radius 3 is 2.81 bits per heavy atom. The predicted molar refractivity (Wildman–Crippen MR) is 122 cm³/mol. The van der Waals surface area contributed by atoms with E-state index in [1.165, 1.54) is 10.6 Å². The van der Waals surface area contributed by atoms with Gasteiger partial charge < -0.3 is 19.6 Å². The van der Waals surface area contributed by atoms with E-state index in [0.29, 0.717) is 19.0 Å². The van der Waals surface area contributed by atoms with Crippen molar-refractivity contribution in [3.05, 3.63) is 42.2 Å². The van der Waals surface area contributed by atoms with E-state index in [0.717, 1.165) is 38.9 Å². The number of nitrogens with zero attached hydrogens (tertiary/aromatic N) is 4. The second-order valence-electron chi connectivity index (χ2n) is 7.50. The molecule has 4 aromatic rings. The summed E-state index contributed by atoms with van der Waals surface area (Å²) in [4.78, 5) is 12.5. The summed E-state index contributed by atoms with van der Waals surface area (Å²) < 4.78 is 32.8. The second kappa shape index (κ2) is 8.29. The molecule has 10 heteroatoms. The molecule has 164 valence electrons. The summed E-state index contributed by atoms with van der Waals surface area (Å²) in [6.45, 7) is 0.931. The molecule has 2 N–H and O–H groups in total. The van der Waals surface area contributed by atoms with Crippen LogP contribution < -0.4 is 5.32 Å². The number of ether oxygens (including phenoxy) is 1. The number of benzene rings is 1. The number of hydrogen-bond donors (Lipinski definition) is 2. The van der Waals surface area contributed by atoms with Gasteiger partial charge in [-0.1, -0.05) is 18.2 Å². The maximum absolute atomic E-state index is 12.1. The van der Waals surface area contributed by atoms with Crippen molar-refractivity contribution in [3.63, 3.8) is 0 Å². The molecular weight excluding hydrogens is 416 g/mol. The van der Waals surface area contributed by atoms with Gasteiger partial charge in [0.1, 0.15) is 11.2 Å². The van der Waals surface area contributed by atoms with Crippen LogP contribution in [0.25, 0.3) is 33.3 Å². The molecule has 4 rings (SSSR count). The summed E-state index contributed by atoms with van der Waals surface area (Å²) in [6.07, 6.45) is 2.99. The number of fused-ring (bicyclic) bond motifs is 3. The van der Waals surface area contributed by atoms with E-state index in [4.69, 9.17) is 4.74 Å². The molecule has 0 fully saturated rings. The standard InChI is InChI=1S/C21H26N6O3S/c1-22-21-18-19(26(2)13-23-18)16-11-17(24-20(16)25-21)15-7-5-6-14(10-15)12-27(8-9-30-3)31(4,28)29/h5-7,10-11,13H,8-9,12H2,1-4H3,(H2,22,24,25). The molecule has 3 aromatic heterocycles. The van der Waals surface area contributed by atoms with Crippen molar-refractivity contribution in [2.45, 2.75) is 6.54 Å². The Hall–Kier alpha value is -2.95. The van der Waals surface area contributed by atoms with E-state index >= 15 is 0 Å². The largest absolute Gasteiger partial charge is 0.383 e. The molecule has 0 aliphatic carbocycles. The number of imidazole rings is 1. The van der Waals surface area contributed by atoms with E-state index in [1.807, 2.05) is 42.9 Å². The molecule has 31 heavy (non-hydrogen) atoms. The number of aromatic nitrogens is 4. The Morgan fingerprint density at radius 1 is 1.29 bits per heavy atom. The Bertz CT molecular complexity index is 1340. The summed E-state index contributed by atoms with van der Waals surface area (Å²) in [6, 6.07) is 9.90. The number of rotatable bonds is 8. The number of aryl methyl sites for hydroxylation is 1. The fourth-order valence-corrected chi connectivity index (χ4v) is 4.51. The summed E-state index contributed by atoms with van der Waals surface area (Å²) in [5.41, 5.74) is 5.33. The lowest BCUT2D eigenvalue weighted by Gasteiger charge is -2.19. The van der Waals surface area contributed by atoms with Crippen molar-refractivity contribution in [2.24, 2.45) is 7.05 Å². The third-order valence-corrected chi connectivity index (χ3v) is 6.53. The van der Waals surface area contributed by atoms with Crippen LogP contribution in [0.3, 0.4) is 0 Å². The van der Waals surface area contributed by atoms with Crippen molar-refractivity contribution in [2.75, 3.05) is 38.9 Å². The van der Waals surface area contributed by atoms with Gasteiger partial charge in [0.15, 0.2) is 5.82 Å². The zero-order valence-electron chi connectivity index (χ0n) is 18.0. The van der Waals surface area contributed by atoms with Gasteiger partial charge in [0, 0.05) is 45.4 Å². The van der Waals surface area contributed by atoms with Gasteiger partial charge in [-0.2, -0.15) is 4.31 Å². The summed E-state index contributed by atoms with van der Waals surface area (Å²) >= 11 is 0. The first-order valence-corrected chi connectivity index (χ1v) is 11.7. The normalized spacial score (nSPS) is 12.3. The molecule has 0 amide bonds. The van der Waals surface area contributed by atoms with E-state index in [9.17, 15) is 8.42 Å². The summed E-state index contributed by atoms with van der Waals surface area (Å²) in [5.74, 6) is 0.715. The number of pyridine rings is 1. The number of H-pyrrole nitrogens is 1. The van der Waals surface area contributed by atoms with E-state index < -0.39 is 10.0 Å². The minimum atomic E-state index is -3.34. The Morgan fingerprint density at radius 2 is 2.10 bits per heavy atom. The number of methoxy groups -OCH3 is 1. The summed E-state index contributed by atoms with van der Waals surface area (Å²) in [7, 11) is 2.00. The fourth-order valence-electron chi connectivity index (χ4n) is 3.72. The average Bonchev–Trinajstić information content (AvgIpc) is 3.33. The predicted octanol–water partition coefficient (Wildman–Crippen LogP) is 2.57. The fraction of sp³-hybridized carbons (Fsp3) is 0.333. The van der Waals surface area contributed by atoms with Crippen LogP contribution >= 0.6 is 0 Å². The molecule has 0 radical (unpaired) electrons. The number of hydrogen-bond acceptors (Lipinski definition) is 6. The number of nitrogens with one attached hydrogen (secondary N) is 2. The first-order valence-electron chi connectivity index (χ1n) is 9.86. The van der Waals surface area contributed by atoms with Crippen LogP contribution in [0.4, 0.5) is 5.82 Å². The first kappa shape index (κ1) is 21.3. The molecule has 0 unspecified atom stereocenters. The van der Waals surface area contributed by atoms with Gasteiger partial charge in [-0.3, -0.25) is 0 Å². The molecule has 0 spiro atoms. The molecular formula is C21H26N6O3S.